The molecule has 3 aromatic rings. The van der Waals surface area contributed by atoms with E-state index in [1.807, 2.05) is 28.8 Å². The van der Waals surface area contributed by atoms with Gasteiger partial charge in [-0.2, -0.15) is 0 Å². The molecule has 0 unspecified atom stereocenters. The second-order valence-corrected chi connectivity index (χ2v) is 5.29. The molecular formula is C19H15FN2O2. The quantitative estimate of drug-likeness (QED) is 0.694. The van der Waals surface area contributed by atoms with Crippen molar-refractivity contribution in [2.45, 2.75) is 13.5 Å². The van der Waals surface area contributed by atoms with E-state index in [2.05, 4.69) is 16.8 Å². The van der Waals surface area contributed by atoms with E-state index in [1.54, 1.807) is 12.1 Å². The van der Waals surface area contributed by atoms with Gasteiger partial charge in [0.05, 0.1) is 6.61 Å². The van der Waals surface area contributed by atoms with E-state index in [9.17, 15) is 9.18 Å². The average Bonchev–Trinajstić information content (AvgIpc) is 2.92. The Bertz CT molecular complexity index is 933. The van der Waals surface area contributed by atoms with Crippen molar-refractivity contribution in [1.82, 2.24) is 9.38 Å². The van der Waals surface area contributed by atoms with Crippen molar-refractivity contribution >= 4 is 11.4 Å². The fraction of sp³-hybridized carbons (Fsp3) is 0.158. The van der Waals surface area contributed by atoms with Gasteiger partial charge in [-0.1, -0.05) is 12.0 Å². The van der Waals surface area contributed by atoms with Crippen molar-refractivity contribution < 1.29 is 13.9 Å². The van der Waals surface area contributed by atoms with E-state index < -0.39 is 0 Å². The zero-order valence-electron chi connectivity index (χ0n) is 13.1. The Kier molecular flexibility index (Phi) is 4.69. The summed E-state index contributed by atoms with van der Waals surface area (Å²) in [5.41, 5.74) is 2.82. The molecule has 0 saturated heterocycles. The molecule has 4 nitrogen and oxygen atoms in total. The van der Waals surface area contributed by atoms with Crippen molar-refractivity contribution in [3.63, 3.8) is 0 Å². The van der Waals surface area contributed by atoms with Crippen LogP contribution in [0, 0.1) is 17.7 Å². The maximum Gasteiger partial charge on any atom is 0.155 e. The van der Waals surface area contributed by atoms with Crippen LogP contribution < -0.4 is 0 Å². The van der Waals surface area contributed by atoms with Gasteiger partial charge in [0.2, 0.25) is 0 Å². The van der Waals surface area contributed by atoms with Gasteiger partial charge in [0.1, 0.15) is 29.5 Å². The van der Waals surface area contributed by atoms with Crippen molar-refractivity contribution in [3.05, 3.63) is 71.4 Å². The van der Waals surface area contributed by atoms with Crippen molar-refractivity contribution in [2.24, 2.45) is 0 Å². The normalized spacial score (nSPS) is 10.4. The Balaban J connectivity index is 1.95. The summed E-state index contributed by atoms with van der Waals surface area (Å²) < 4.78 is 20.2. The fourth-order valence-electron chi connectivity index (χ4n) is 2.23. The van der Waals surface area contributed by atoms with E-state index in [1.165, 1.54) is 19.1 Å². The number of carbonyl (C=O) groups is 1. The lowest BCUT2D eigenvalue weighted by Crippen LogP contribution is -2.05. The summed E-state index contributed by atoms with van der Waals surface area (Å²) in [6.07, 6.45) is 1.87. The van der Waals surface area contributed by atoms with Crippen molar-refractivity contribution in [1.29, 1.82) is 0 Å². The number of carbonyl (C=O) groups excluding carboxylic acids is 1. The Morgan fingerprint density at radius 1 is 1.21 bits per heavy atom. The molecule has 0 aliphatic rings. The predicted octanol–water partition coefficient (Wildman–Crippen LogP) is 2.98. The molecule has 1 aromatic carbocycles. The molecule has 0 aliphatic heterocycles. The van der Waals surface area contributed by atoms with Gasteiger partial charge in [-0.3, -0.25) is 9.20 Å². The van der Waals surface area contributed by atoms with Crippen LogP contribution in [-0.4, -0.2) is 21.8 Å². The Morgan fingerprint density at radius 3 is 2.75 bits per heavy atom. The SMILES string of the molecule is CC(=O)COCc1nc2ccccn2c1C#Cc1ccc(F)cc1. The fourth-order valence-corrected chi connectivity index (χ4v) is 2.23. The lowest BCUT2D eigenvalue weighted by molar-refractivity contribution is -0.121. The van der Waals surface area contributed by atoms with E-state index in [4.69, 9.17) is 4.74 Å². The Morgan fingerprint density at radius 2 is 2.00 bits per heavy atom. The third-order valence-corrected chi connectivity index (χ3v) is 3.32. The number of fused-ring (bicyclic) bond motifs is 1. The number of nitrogens with zero attached hydrogens (tertiary/aromatic N) is 2. The van der Waals surface area contributed by atoms with Crippen LogP contribution in [0.25, 0.3) is 5.65 Å². The number of pyridine rings is 1. The molecule has 0 bridgehead atoms. The summed E-state index contributed by atoms with van der Waals surface area (Å²) in [6, 6.07) is 11.6. The highest BCUT2D eigenvalue weighted by Crippen LogP contribution is 2.13. The van der Waals surface area contributed by atoms with Crippen LogP contribution in [-0.2, 0) is 16.1 Å². The van der Waals surface area contributed by atoms with Gasteiger partial charge in [-0.25, -0.2) is 9.37 Å². The number of rotatable bonds is 4. The van der Waals surface area contributed by atoms with E-state index >= 15 is 0 Å². The van der Waals surface area contributed by atoms with Crippen molar-refractivity contribution in [2.75, 3.05) is 6.61 Å². The highest BCUT2D eigenvalue weighted by molar-refractivity contribution is 5.76. The molecule has 2 aromatic heterocycles. The first-order valence-electron chi connectivity index (χ1n) is 7.44. The minimum Gasteiger partial charge on any atom is -0.367 e. The number of Topliss-reactive ketones (excluding diaryl/α,β-unsaturated/α-hetero) is 1. The number of hydrogen-bond donors (Lipinski definition) is 0. The first-order valence-corrected chi connectivity index (χ1v) is 7.44. The second-order valence-electron chi connectivity index (χ2n) is 5.29. The Hall–Kier alpha value is -2.97. The van der Waals surface area contributed by atoms with Crippen molar-refractivity contribution in [3.8, 4) is 11.8 Å². The van der Waals surface area contributed by atoms with E-state index in [0.29, 0.717) is 17.0 Å². The minimum absolute atomic E-state index is 0.0404. The number of ether oxygens (including phenoxy) is 1. The number of aromatic nitrogens is 2. The van der Waals surface area contributed by atoms with E-state index in [-0.39, 0.29) is 24.8 Å². The Labute approximate surface area is 138 Å². The summed E-state index contributed by atoms with van der Waals surface area (Å²) >= 11 is 0. The molecule has 0 fully saturated rings. The molecular weight excluding hydrogens is 307 g/mol. The maximum atomic E-state index is 13.0. The molecule has 24 heavy (non-hydrogen) atoms. The van der Waals surface area contributed by atoms with Crippen LogP contribution in [0.4, 0.5) is 4.39 Å². The van der Waals surface area contributed by atoms with Crippen LogP contribution >= 0.6 is 0 Å². The van der Waals surface area contributed by atoms with Crippen LogP contribution in [0.5, 0.6) is 0 Å². The standard InChI is InChI=1S/C19H15FN2O2/c1-14(23)12-24-13-17-18(22-11-3-2-4-19(22)21-17)10-7-15-5-8-16(20)9-6-15/h2-6,8-9,11H,12-13H2,1H3. The number of imidazole rings is 1. The van der Waals surface area contributed by atoms with Crippen LogP contribution in [0.15, 0.2) is 48.7 Å². The molecule has 0 atom stereocenters. The van der Waals surface area contributed by atoms with Crippen LogP contribution in [0.2, 0.25) is 0 Å². The number of halogens is 1. The van der Waals surface area contributed by atoms with Gasteiger partial charge in [-0.05, 0) is 49.2 Å². The number of ketones is 1. The summed E-state index contributed by atoms with van der Waals surface area (Å²) in [7, 11) is 0. The smallest absolute Gasteiger partial charge is 0.155 e. The van der Waals surface area contributed by atoms with E-state index in [0.717, 1.165) is 5.65 Å². The molecule has 120 valence electrons. The number of benzene rings is 1. The van der Waals surface area contributed by atoms with Gasteiger partial charge >= 0.3 is 0 Å². The second kappa shape index (κ2) is 7.07. The topological polar surface area (TPSA) is 43.6 Å². The highest BCUT2D eigenvalue weighted by atomic mass is 19.1. The molecule has 5 heteroatoms. The minimum atomic E-state index is -0.298. The monoisotopic (exact) mass is 322 g/mol. The molecule has 0 amide bonds. The van der Waals surface area contributed by atoms with Crippen LogP contribution in [0.1, 0.15) is 23.9 Å². The third kappa shape index (κ3) is 3.67. The van der Waals surface area contributed by atoms with Gasteiger partial charge in [0.25, 0.3) is 0 Å². The molecule has 0 saturated carbocycles. The zero-order valence-corrected chi connectivity index (χ0v) is 13.1. The molecule has 0 spiro atoms. The summed E-state index contributed by atoms with van der Waals surface area (Å²) in [4.78, 5) is 15.5. The summed E-state index contributed by atoms with van der Waals surface area (Å²) in [5, 5.41) is 0. The maximum absolute atomic E-state index is 13.0. The zero-order chi connectivity index (χ0) is 16.9. The lowest BCUT2D eigenvalue weighted by atomic mass is 10.2. The molecule has 2 heterocycles. The summed E-state index contributed by atoms with van der Waals surface area (Å²) in [6.45, 7) is 1.71. The molecule has 0 N–H and O–H groups in total. The van der Waals surface area contributed by atoms with Gasteiger partial charge in [0.15, 0.2) is 5.78 Å². The average molecular weight is 322 g/mol. The number of hydrogen-bond acceptors (Lipinski definition) is 3. The summed E-state index contributed by atoms with van der Waals surface area (Å²) in [5.74, 6) is 5.74. The first kappa shape index (κ1) is 15.9. The lowest BCUT2D eigenvalue weighted by Gasteiger charge is -2.00. The van der Waals surface area contributed by atoms with Crippen LogP contribution in [0.3, 0.4) is 0 Å². The molecule has 0 radical (unpaired) electrons. The first-order chi connectivity index (χ1) is 11.6. The largest absolute Gasteiger partial charge is 0.367 e. The molecule has 0 aliphatic carbocycles. The van der Waals surface area contributed by atoms with Gasteiger partial charge < -0.3 is 4.74 Å². The van der Waals surface area contributed by atoms with Gasteiger partial charge in [0, 0.05) is 11.8 Å². The third-order valence-electron chi connectivity index (χ3n) is 3.32. The highest BCUT2D eigenvalue weighted by Gasteiger charge is 2.10. The predicted molar refractivity (Wildman–Crippen MR) is 87.9 cm³/mol. The van der Waals surface area contributed by atoms with Gasteiger partial charge in [-0.15, -0.1) is 0 Å². The molecule has 3 rings (SSSR count).